The maximum atomic E-state index is 13.1. The number of hydrogen-bond acceptors (Lipinski definition) is 4. The molecule has 0 bridgehead atoms. The number of ether oxygens (including phenoxy) is 2. The number of halogens is 2. The van der Waals surface area contributed by atoms with E-state index in [0.717, 1.165) is 17.5 Å². The van der Waals surface area contributed by atoms with Crippen LogP contribution in [0.25, 0.3) is 10.9 Å². The lowest BCUT2D eigenvalue weighted by Crippen LogP contribution is -2.14. The van der Waals surface area contributed by atoms with E-state index in [2.05, 4.69) is 0 Å². The molecule has 0 aliphatic carbocycles. The number of nitrogens with zero attached hydrogens (tertiary/aromatic N) is 1. The molecule has 0 fully saturated rings. The van der Waals surface area contributed by atoms with Gasteiger partial charge in [-0.05, 0) is 48.2 Å². The van der Waals surface area contributed by atoms with Crippen molar-refractivity contribution in [1.29, 1.82) is 0 Å². The summed E-state index contributed by atoms with van der Waals surface area (Å²) in [5.41, 5.74) is 2.33. The fourth-order valence-electron chi connectivity index (χ4n) is 3.80. The molecule has 0 amide bonds. The summed E-state index contributed by atoms with van der Waals surface area (Å²) in [5, 5.41) is 10.9. The Morgan fingerprint density at radius 3 is 2.52 bits per heavy atom. The highest BCUT2D eigenvalue weighted by atomic mass is 35.5. The third-order valence-electron chi connectivity index (χ3n) is 5.33. The first-order valence-corrected chi connectivity index (χ1v) is 11.5. The van der Waals surface area contributed by atoms with Gasteiger partial charge in [0.05, 0.1) is 24.3 Å². The van der Waals surface area contributed by atoms with Gasteiger partial charge in [-0.25, -0.2) is 0 Å². The number of aliphatic carboxylic acids is 1. The van der Waals surface area contributed by atoms with E-state index in [-0.39, 0.29) is 31.1 Å². The third kappa shape index (κ3) is 6.73. The van der Waals surface area contributed by atoms with Gasteiger partial charge in [0.1, 0.15) is 6.61 Å². The van der Waals surface area contributed by atoms with Crippen LogP contribution in [0.2, 0.25) is 10.0 Å². The predicted molar refractivity (Wildman–Crippen MR) is 130 cm³/mol. The molecule has 0 saturated carbocycles. The minimum absolute atomic E-state index is 0.0755. The lowest BCUT2D eigenvalue weighted by Gasteiger charge is -2.12. The zero-order chi connectivity index (χ0) is 24.0. The molecule has 33 heavy (non-hydrogen) atoms. The molecule has 0 unspecified atom stereocenters. The molecule has 1 atom stereocenters. The lowest BCUT2D eigenvalue weighted by atomic mass is 9.96. The van der Waals surface area contributed by atoms with Crippen molar-refractivity contribution < 1.29 is 24.2 Å². The monoisotopic (exact) mass is 491 g/mol. The number of rotatable bonds is 12. The second-order valence-electron chi connectivity index (χ2n) is 8.07. The topological polar surface area (TPSA) is 77.8 Å². The molecule has 0 radical (unpaired) electrons. The van der Waals surface area contributed by atoms with Gasteiger partial charge in [-0.15, -0.1) is 0 Å². The van der Waals surface area contributed by atoms with E-state index in [1.54, 1.807) is 19.1 Å². The molecular weight excluding hydrogens is 465 g/mol. The number of carbonyl (C=O) groups is 2. The van der Waals surface area contributed by atoms with Crippen LogP contribution in [0.5, 0.6) is 5.88 Å². The summed E-state index contributed by atoms with van der Waals surface area (Å²) < 4.78 is 13.5. The maximum absolute atomic E-state index is 13.1. The van der Waals surface area contributed by atoms with Crippen LogP contribution < -0.4 is 4.74 Å². The van der Waals surface area contributed by atoms with E-state index in [1.807, 2.05) is 41.9 Å². The number of carboxylic acids is 1. The molecule has 2 aromatic carbocycles. The van der Waals surface area contributed by atoms with Crippen molar-refractivity contribution in [1.82, 2.24) is 4.57 Å². The van der Waals surface area contributed by atoms with Gasteiger partial charge in [0.2, 0.25) is 5.88 Å². The van der Waals surface area contributed by atoms with Crippen LogP contribution >= 0.6 is 23.2 Å². The van der Waals surface area contributed by atoms with Crippen LogP contribution in [0, 0.1) is 5.92 Å². The van der Waals surface area contributed by atoms with Crippen LogP contribution in [0.4, 0.5) is 0 Å². The summed E-state index contributed by atoms with van der Waals surface area (Å²) in [4.78, 5) is 24.2. The van der Waals surface area contributed by atoms with Crippen molar-refractivity contribution in [2.24, 2.45) is 13.0 Å². The molecule has 3 aromatic rings. The van der Waals surface area contributed by atoms with Gasteiger partial charge < -0.3 is 19.1 Å². The van der Waals surface area contributed by atoms with E-state index in [0.29, 0.717) is 40.1 Å². The van der Waals surface area contributed by atoms with Gasteiger partial charge in [0.15, 0.2) is 5.78 Å². The van der Waals surface area contributed by atoms with Gasteiger partial charge in [0.25, 0.3) is 0 Å². The minimum Gasteiger partial charge on any atom is -0.481 e. The summed E-state index contributed by atoms with van der Waals surface area (Å²) in [7, 11) is 1.82. The number of fused-ring (bicyclic) bond motifs is 1. The quantitative estimate of drug-likeness (QED) is 0.255. The van der Waals surface area contributed by atoms with Crippen LogP contribution in [-0.4, -0.2) is 41.2 Å². The second-order valence-corrected chi connectivity index (χ2v) is 8.94. The number of aromatic nitrogens is 1. The molecule has 1 heterocycles. The Labute approximate surface area is 203 Å². The first-order chi connectivity index (χ1) is 15.8. The Morgan fingerprint density at radius 1 is 1.03 bits per heavy atom. The van der Waals surface area contributed by atoms with Crippen molar-refractivity contribution in [3.63, 3.8) is 0 Å². The molecule has 1 N–H and O–H groups in total. The second kappa shape index (κ2) is 11.5. The Balaban J connectivity index is 1.68. The largest absolute Gasteiger partial charge is 0.481 e. The fraction of sp³-hybridized carbons (Fsp3) is 0.360. The molecule has 0 aliphatic rings. The van der Waals surface area contributed by atoms with Crippen LogP contribution in [0.1, 0.15) is 35.7 Å². The molecule has 0 spiro atoms. The summed E-state index contributed by atoms with van der Waals surface area (Å²) >= 11 is 12.2. The van der Waals surface area contributed by atoms with Crippen molar-refractivity contribution in [3.05, 3.63) is 63.6 Å². The lowest BCUT2D eigenvalue weighted by molar-refractivity contribution is -0.137. The average Bonchev–Trinajstić information content (AvgIpc) is 3.01. The van der Waals surface area contributed by atoms with E-state index >= 15 is 0 Å². The zero-order valence-corrected chi connectivity index (χ0v) is 20.2. The average molecular weight is 492 g/mol. The van der Waals surface area contributed by atoms with E-state index in [9.17, 15) is 9.59 Å². The number of hydrogen-bond donors (Lipinski definition) is 1. The van der Waals surface area contributed by atoms with Crippen molar-refractivity contribution in [2.45, 2.75) is 26.2 Å². The predicted octanol–water partition coefficient (Wildman–Crippen LogP) is 5.81. The molecule has 6 nitrogen and oxygen atoms in total. The smallest absolute Gasteiger partial charge is 0.303 e. The number of carboxylic acid groups (broad SMARTS) is 1. The first kappa shape index (κ1) is 25.1. The number of Topliss-reactive ketones (excluding diaryl/α,β-unsaturated/α-hetero) is 1. The van der Waals surface area contributed by atoms with Gasteiger partial charge in [0, 0.05) is 35.3 Å². The summed E-state index contributed by atoms with van der Waals surface area (Å²) in [6.07, 6.45) is 0.761. The number of aryl methyl sites for hydroxylation is 1. The van der Waals surface area contributed by atoms with Gasteiger partial charge >= 0.3 is 5.97 Å². The fourth-order valence-corrected chi connectivity index (χ4v) is 4.19. The maximum Gasteiger partial charge on any atom is 0.303 e. The first-order valence-electron chi connectivity index (χ1n) is 10.7. The molecule has 1 aromatic heterocycles. The summed E-state index contributed by atoms with van der Waals surface area (Å²) in [5.74, 6) is -0.971. The normalized spacial score (nSPS) is 12.1. The van der Waals surface area contributed by atoms with E-state index in [4.69, 9.17) is 37.8 Å². The molecular formula is C25H27Cl2NO5. The number of benzene rings is 2. The Kier molecular flexibility index (Phi) is 8.78. The van der Waals surface area contributed by atoms with Crippen molar-refractivity contribution >= 4 is 45.9 Å². The highest BCUT2D eigenvalue weighted by molar-refractivity contribution is 6.31. The molecule has 8 heteroatoms. The zero-order valence-electron chi connectivity index (χ0n) is 18.6. The van der Waals surface area contributed by atoms with Crippen molar-refractivity contribution in [3.8, 4) is 5.88 Å². The third-order valence-corrected chi connectivity index (χ3v) is 5.80. The number of carbonyl (C=O) groups excluding carboxylic acids is 1. The van der Waals surface area contributed by atoms with Gasteiger partial charge in [-0.2, -0.15) is 0 Å². The molecule has 3 rings (SSSR count). The highest BCUT2D eigenvalue weighted by Crippen LogP contribution is 2.35. The van der Waals surface area contributed by atoms with E-state index in [1.165, 1.54) is 0 Å². The van der Waals surface area contributed by atoms with Crippen LogP contribution in [0.3, 0.4) is 0 Å². The minimum atomic E-state index is -0.928. The van der Waals surface area contributed by atoms with Gasteiger partial charge in [-0.3, -0.25) is 9.59 Å². The van der Waals surface area contributed by atoms with Crippen LogP contribution in [0.15, 0.2) is 42.5 Å². The summed E-state index contributed by atoms with van der Waals surface area (Å²) in [6.45, 7) is 2.88. The van der Waals surface area contributed by atoms with Crippen molar-refractivity contribution in [2.75, 3.05) is 19.8 Å². The van der Waals surface area contributed by atoms with Crippen LogP contribution in [-0.2, 0) is 23.0 Å². The molecule has 176 valence electrons. The number of ketones is 1. The SMILES string of the molecule is C[C@H](CC(=O)O)CC(=O)c1c(OCCOCCc2cccc(Cl)c2)n(C)c2ccc(Cl)cc12. The summed E-state index contributed by atoms with van der Waals surface area (Å²) in [6, 6.07) is 13.0. The van der Waals surface area contributed by atoms with Gasteiger partial charge in [-0.1, -0.05) is 42.3 Å². The highest BCUT2D eigenvalue weighted by Gasteiger charge is 2.25. The molecule has 0 saturated heterocycles. The Hall–Kier alpha value is -2.54. The Bertz CT molecular complexity index is 1140. The van der Waals surface area contributed by atoms with E-state index < -0.39 is 5.97 Å². The Morgan fingerprint density at radius 2 is 1.79 bits per heavy atom. The standard InChI is InChI=1S/C25H27Cl2NO5/c1-16(13-23(30)31)12-22(29)24-20-15-19(27)6-7-21(20)28(2)25(24)33-11-10-32-9-8-17-4-3-5-18(26)14-17/h3-7,14-16H,8-13H2,1-2H3,(H,30,31)/t16-/m0/s1. The molecule has 0 aliphatic heterocycles.